The van der Waals surface area contributed by atoms with E-state index >= 15 is 0 Å². The van der Waals surface area contributed by atoms with Gasteiger partial charge in [0.05, 0.1) is 35.7 Å². The maximum absolute atomic E-state index is 12.7. The molecule has 0 radical (unpaired) electrons. The van der Waals surface area contributed by atoms with E-state index in [2.05, 4.69) is 4.90 Å². The summed E-state index contributed by atoms with van der Waals surface area (Å²) in [5.41, 5.74) is 2.47. The molecule has 0 aliphatic carbocycles. The standard InChI is InChI=1S/C18H16N2O3/c21-17-13-5-1-2-6-14(13)18(22)20(17)16-8-4-3-7-15(16)19-9-11-23-12-10-19/h1-8H,9-12H2. The fraction of sp³-hybridized carbons (Fsp3) is 0.222. The summed E-state index contributed by atoms with van der Waals surface area (Å²) in [7, 11) is 0. The van der Waals surface area contributed by atoms with Crippen molar-refractivity contribution in [3.05, 3.63) is 59.7 Å². The second kappa shape index (κ2) is 5.52. The van der Waals surface area contributed by atoms with Crippen LogP contribution in [0.25, 0.3) is 0 Å². The Bertz CT molecular complexity index is 746. The average molecular weight is 308 g/mol. The molecule has 2 aliphatic heterocycles. The second-order valence-electron chi connectivity index (χ2n) is 5.58. The van der Waals surface area contributed by atoms with Crippen LogP contribution in [0.15, 0.2) is 48.5 Å². The number of carbonyl (C=O) groups is 2. The van der Waals surface area contributed by atoms with Gasteiger partial charge >= 0.3 is 0 Å². The lowest BCUT2D eigenvalue weighted by atomic mass is 10.1. The third kappa shape index (κ3) is 2.21. The fourth-order valence-corrected chi connectivity index (χ4v) is 3.13. The van der Waals surface area contributed by atoms with Crippen LogP contribution in [0.1, 0.15) is 20.7 Å². The van der Waals surface area contributed by atoms with E-state index in [1.807, 2.05) is 24.3 Å². The summed E-state index contributed by atoms with van der Waals surface area (Å²) in [4.78, 5) is 28.9. The molecule has 0 unspecified atom stereocenters. The molecule has 0 saturated carbocycles. The highest BCUT2D eigenvalue weighted by molar-refractivity contribution is 6.35. The molecule has 23 heavy (non-hydrogen) atoms. The molecule has 0 atom stereocenters. The minimum Gasteiger partial charge on any atom is -0.378 e. The van der Waals surface area contributed by atoms with Crippen molar-refractivity contribution in [3.63, 3.8) is 0 Å². The zero-order valence-electron chi connectivity index (χ0n) is 12.6. The Morgan fingerprint density at radius 2 is 1.26 bits per heavy atom. The monoisotopic (exact) mass is 308 g/mol. The van der Waals surface area contributed by atoms with E-state index < -0.39 is 0 Å². The first-order valence-electron chi connectivity index (χ1n) is 7.67. The molecular formula is C18H16N2O3. The molecule has 0 spiro atoms. The number of fused-ring (bicyclic) bond motifs is 1. The predicted molar refractivity (Wildman–Crippen MR) is 87.1 cm³/mol. The van der Waals surface area contributed by atoms with Gasteiger partial charge in [0.2, 0.25) is 0 Å². The third-order valence-corrected chi connectivity index (χ3v) is 4.27. The molecule has 1 saturated heterocycles. The topological polar surface area (TPSA) is 49.9 Å². The fourth-order valence-electron chi connectivity index (χ4n) is 3.13. The molecule has 2 heterocycles. The lowest BCUT2D eigenvalue weighted by molar-refractivity contribution is 0.0926. The van der Waals surface area contributed by atoms with Crippen molar-refractivity contribution in [3.8, 4) is 0 Å². The van der Waals surface area contributed by atoms with E-state index in [1.165, 1.54) is 4.90 Å². The normalized spacial score (nSPS) is 17.6. The zero-order chi connectivity index (χ0) is 15.8. The quantitative estimate of drug-likeness (QED) is 0.799. The minimum absolute atomic E-state index is 0.258. The van der Waals surface area contributed by atoms with Crippen molar-refractivity contribution in [2.45, 2.75) is 0 Å². The van der Waals surface area contributed by atoms with Crippen LogP contribution >= 0.6 is 0 Å². The molecule has 0 bridgehead atoms. The number of benzene rings is 2. The van der Waals surface area contributed by atoms with Crippen LogP contribution in [0.5, 0.6) is 0 Å². The number of anilines is 2. The van der Waals surface area contributed by atoms with Gasteiger partial charge in [0.15, 0.2) is 0 Å². The maximum Gasteiger partial charge on any atom is 0.266 e. The summed E-state index contributed by atoms with van der Waals surface area (Å²) < 4.78 is 5.39. The lowest BCUT2D eigenvalue weighted by Crippen LogP contribution is -2.38. The zero-order valence-corrected chi connectivity index (χ0v) is 12.6. The highest BCUT2D eigenvalue weighted by atomic mass is 16.5. The number of amides is 2. The number of nitrogens with zero attached hydrogens (tertiary/aromatic N) is 2. The summed E-state index contributed by atoms with van der Waals surface area (Å²) in [6.07, 6.45) is 0. The van der Waals surface area contributed by atoms with Gasteiger partial charge in [-0.15, -0.1) is 0 Å². The van der Waals surface area contributed by atoms with Crippen LogP contribution in [0.3, 0.4) is 0 Å². The molecule has 0 aromatic heterocycles. The molecule has 5 nitrogen and oxygen atoms in total. The molecular weight excluding hydrogens is 292 g/mol. The molecule has 5 heteroatoms. The number of para-hydroxylation sites is 2. The summed E-state index contributed by atoms with van der Waals surface area (Å²) in [6, 6.07) is 14.5. The van der Waals surface area contributed by atoms with Gasteiger partial charge in [-0.05, 0) is 24.3 Å². The van der Waals surface area contributed by atoms with E-state index in [9.17, 15) is 9.59 Å². The second-order valence-corrected chi connectivity index (χ2v) is 5.58. The largest absolute Gasteiger partial charge is 0.378 e. The van der Waals surface area contributed by atoms with Crippen molar-refractivity contribution in [1.29, 1.82) is 0 Å². The molecule has 116 valence electrons. The van der Waals surface area contributed by atoms with Gasteiger partial charge in [-0.1, -0.05) is 24.3 Å². The van der Waals surface area contributed by atoms with Gasteiger partial charge in [0.1, 0.15) is 0 Å². The Morgan fingerprint density at radius 1 is 0.739 bits per heavy atom. The summed E-state index contributed by atoms with van der Waals surface area (Å²) in [5, 5.41) is 0. The van der Waals surface area contributed by atoms with Crippen LogP contribution in [0.2, 0.25) is 0 Å². The lowest BCUT2D eigenvalue weighted by Gasteiger charge is -2.31. The molecule has 0 N–H and O–H groups in total. The Balaban J connectivity index is 1.77. The molecule has 2 aromatic carbocycles. The van der Waals surface area contributed by atoms with Crippen molar-refractivity contribution in [2.24, 2.45) is 0 Å². The minimum atomic E-state index is -0.258. The Labute approximate surface area is 134 Å². The van der Waals surface area contributed by atoms with Crippen LogP contribution in [-0.4, -0.2) is 38.1 Å². The van der Waals surface area contributed by atoms with Gasteiger partial charge in [0, 0.05) is 13.1 Å². The number of rotatable bonds is 2. The van der Waals surface area contributed by atoms with Crippen molar-refractivity contribution >= 4 is 23.2 Å². The Kier molecular flexibility index (Phi) is 3.35. The summed E-state index contributed by atoms with van der Waals surface area (Å²) >= 11 is 0. The number of hydrogen-bond acceptors (Lipinski definition) is 4. The third-order valence-electron chi connectivity index (χ3n) is 4.27. The predicted octanol–water partition coefficient (Wildman–Crippen LogP) is 2.32. The van der Waals surface area contributed by atoms with Gasteiger partial charge in [0.25, 0.3) is 11.8 Å². The smallest absolute Gasteiger partial charge is 0.266 e. The molecule has 4 rings (SSSR count). The van der Waals surface area contributed by atoms with Crippen molar-refractivity contribution in [2.75, 3.05) is 36.1 Å². The Morgan fingerprint density at radius 3 is 1.87 bits per heavy atom. The van der Waals surface area contributed by atoms with E-state index in [0.29, 0.717) is 30.0 Å². The van der Waals surface area contributed by atoms with Crippen LogP contribution in [0.4, 0.5) is 11.4 Å². The van der Waals surface area contributed by atoms with Crippen LogP contribution < -0.4 is 9.80 Å². The highest BCUT2D eigenvalue weighted by Gasteiger charge is 2.37. The van der Waals surface area contributed by atoms with Crippen molar-refractivity contribution < 1.29 is 14.3 Å². The molecule has 2 amide bonds. The highest BCUT2D eigenvalue weighted by Crippen LogP contribution is 2.35. The summed E-state index contributed by atoms with van der Waals surface area (Å²) in [5.74, 6) is -0.516. The summed E-state index contributed by atoms with van der Waals surface area (Å²) in [6.45, 7) is 2.80. The van der Waals surface area contributed by atoms with Crippen molar-refractivity contribution in [1.82, 2.24) is 0 Å². The number of ether oxygens (including phenoxy) is 1. The van der Waals surface area contributed by atoms with Gasteiger partial charge in [-0.25, -0.2) is 4.90 Å². The number of hydrogen-bond donors (Lipinski definition) is 0. The van der Waals surface area contributed by atoms with E-state index in [4.69, 9.17) is 4.74 Å². The molecule has 1 fully saturated rings. The van der Waals surface area contributed by atoms with E-state index in [1.54, 1.807) is 24.3 Å². The van der Waals surface area contributed by atoms with Gasteiger partial charge in [-0.3, -0.25) is 9.59 Å². The Hall–Kier alpha value is -2.66. The van der Waals surface area contributed by atoms with Crippen LogP contribution in [-0.2, 0) is 4.74 Å². The first-order valence-corrected chi connectivity index (χ1v) is 7.67. The SMILES string of the molecule is O=C1c2ccccc2C(=O)N1c1ccccc1N1CCOCC1. The maximum atomic E-state index is 12.7. The first-order chi connectivity index (χ1) is 11.3. The van der Waals surface area contributed by atoms with Gasteiger partial charge in [-0.2, -0.15) is 0 Å². The number of morpholine rings is 1. The number of carbonyl (C=O) groups excluding carboxylic acids is 2. The van der Waals surface area contributed by atoms with E-state index in [0.717, 1.165) is 18.8 Å². The molecule has 2 aromatic rings. The van der Waals surface area contributed by atoms with Gasteiger partial charge < -0.3 is 9.64 Å². The first kappa shape index (κ1) is 14.0. The molecule has 2 aliphatic rings. The average Bonchev–Trinajstić information content (AvgIpc) is 2.87. The van der Waals surface area contributed by atoms with E-state index in [-0.39, 0.29) is 11.8 Å². The number of imide groups is 1. The van der Waals surface area contributed by atoms with Crippen LogP contribution in [0, 0.1) is 0 Å².